The lowest BCUT2D eigenvalue weighted by Gasteiger charge is -2.30. The second-order valence-corrected chi connectivity index (χ2v) is 5.01. The topological polar surface area (TPSA) is 15.3 Å². The van der Waals surface area contributed by atoms with Crippen LogP contribution in [0.25, 0.3) is 0 Å². The molecule has 75 valence electrons. The van der Waals surface area contributed by atoms with Gasteiger partial charge in [0.25, 0.3) is 0 Å². The summed E-state index contributed by atoms with van der Waals surface area (Å²) in [5, 5.41) is 3.41. The first kappa shape index (κ1) is 10.4. The average molecular weight is 181 g/mol. The van der Waals surface area contributed by atoms with Gasteiger partial charge in [0.15, 0.2) is 0 Å². The Bertz CT molecular complexity index is 199. The Labute approximate surface area is 82.0 Å². The third kappa shape index (κ3) is 2.94. The van der Waals surface area contributed by atoms with Crippen LogP contribution in [0.15, 0.2) is 11.9 Å². The van der Waals surface area contributed by atoms with E-state index >= 15 is 0 Å². The standard InChI is InChI=1S/C11H21N2/c1-9(2)6-10-7-13(8-12-10)11(3,4)5/h7,12H,6,8H2,1-5H3. The molecule has 1 aliphatic rings. The molecule has 0 aromatic rings. The fourth-order valence-corrected chi connectivity index (χ4v) is 1.39. The van der Waals surface area contributed by atoms with E-state index in [0.29, 0.717) is 0 Å². The van der Waals surface area contributed by atoms with Gasteiger partial charge >= 0.3 is 0 Å². The summed E-state index contributed by atoms with van der Waals surface area (Å²) in [5.74, 6) is 1.45. The largest absolute Gasteiger partial charge is 0.370 e. The minimum Gasteiger partial charge on any atom is -0.370 e. The third-order valence-corrected chi connectivity index (χ3v) is 2.19. The molecule has 13 heavy (non-hydrogen) atoms. The number of rotatable bonds is 2. The molecule has 1 rings (SSSR count). The summed E-state index contributed by atoms with van der Waals surface area (Å²) in [6.45, 7) is 12.0. The van der Waals surface area contributed by atoms with Gasteiger partial charge in [-0.2, -0.15) is 0 Å². The van der Waals surface area contributed by atoms with Crippen molar-refractivity contribution < 1.29 is 0 Å². The smallest absolute Gasteiger partial charge is 0.0874 e. The van der Waals surface area contributed by atoms with Crippen molar-refractivity contribution in [3.05, 3.63) is 17.8 Å². The summed E-state index contributed by atoms with van der Waals surface area (Å²) >= 11 is 0. The third-order valence-electron chi connectivity index (χ3n) is 2.19. The Hall–Kier alpha value is -0.660. The molecule has 0 aromatic heterocycles. The maximum Gasteiger partial charge on any atom is 0.0874 e. The van der Waals surface area contributed by atoms with Crippen molar-refractivity contribution in [2.24, 2.45) is 0 Å². The Balaban J connectivity index is 2.54. The molecule has 0 spiro atoms. The Kier molecular flexibility index (Phi) is 2.89. The van der Waals surface area contributed by atoms with Crippen LogP contribution in [0.1, 0.15) is 41.0 Å². The number of hydrogen-bond acceptors (Lipinski definition) is 2. The highest BCUT2D eigenvalue weighted by Gasteiger charge is 2.22. The molecule has 0 atom stereocenters. The van der Waals surface area contributed by atoms with Gasteiger partial charge in [-0.15, -0.1) is 0 Å². The fraction of sp³-hybridized carbons (Fsp3) is 0.727. The molecule has 1 heterocycles. The van der Waals surface area contributed by atoms with Gasteiger partial charge in [0.2, 0.25) is 0 Å². The molecule has 1 aliphatic heterocycles. The Morgan fingerprint density at radius 2 is 2.08 bits per heavy atom. The molecule has 2 nitrogen and oxygen atoms in total. The number of nitrogens with zero attached hydrogens (tertiary/aromatic N) is 1. The van der Waals surface area contributed by atoms with Gasteiger partial charge in [-0.3, -0.25) is 0 Å². The van der Waals surface area contributed by atoms with E-state index in [0.717, 1.165) is 13.1 Å². The average Bonchev–Trinajstić information content (AvgIpc) is 2.32. The van der Waals surface area contributed by atoms with E-state index < -0.39 is 0 Å². The van der Waals surface area contributed by atoms with Crippen molar-refractivity contribution >= 4 is 0 Å². The zero-order chi connectivity index (χ0) is 10.1. The van der Waals surface area contributed by atoms with Crippen molar-refractivity contribution in [3.8, 4) is 0 Å². The minimum atomic E-state index is 0.233. The molecule has 0 saturated heterocycles. The van der Waals surface area contributed by atoms with Crippen LogP contribution in [0.4, 0.5) is 0 Å². The normalized spacial score (nSPS) is 17.7. The molecule has 0 saturated carbocycles. The lowest BCUT2D eigenvalue weighted by atomic mass is 10.1. The monoisotopic (exact) mass is 181 g/mol. The number of nitrogens with one attached hydrogen (secondary N) is 1. The van der Waals surface area contributed by atoms with Crippen LogP contribution in [0.5, 0.6) is 0 Å². The second-order valence-electron chi connectivity index (χ2n) is 5.01. The molecule has 0 bridgehead atoms. The van der Waals surface area contributed by atoms with Crippen LogP contribution in [0.2, 0.25) is 0 Å². The molecular formula is C11H21N2. The molecule has 0 aromatic carbocycles. The molecular weight excluding hydrogens is 160 g/mol. The fourth-order valence-electron chi connectivity index (χ4n) is 1.39. The van der Waals surface area contributed by atoms with Crippen molar-refractivity contribution in [1.29, 1.82) is 0 Å². The number of hydrogen-bond donors (Lipinski definition) is 1. The Morgan fingerprint density at radius 1 is 1.46 bits per heavy atom. The highest BCUT2D eigenvalue weighted by Crippen LogP contribution is 2.21. The van der Waals surface area contributed by atoms with E-state index in [4.69, 9.17) is 0 Å². The molecule has 1 N–H and O–H groups in total. The summed E-state index contributed by atoms with van der Waals surface area (Å²) in [6.07, 6.45) is 3.32. The van der Waals surface area contributed by atoms with Crippen molar-refractivity contribution in [2.75, 3.05) is 6.67 Å². The van der Waals surface area contributed by atoms with Crippen LogP contribution in [-0.4, -0.2) is 17.1 Å². The van der Waals surface area contributed by atoms with Gasteiger partial charge in [0, 0.05) is 17.4 Å². The first-order chi connectivity index (χ1) is 5.89. The summed E-state index contributed by atoms with van der Waals surface area (Å²) in [6, 6.07) is 0. The van der Waals surface area contributed by atoms with Crippen LogP contribution < -0.4 is 5.32 Å². The predicted octanol–water partition coefficient (Wildman–Crippen LogP) is 2.49. The molecule has 1 radical (unpaired) electrons. The van der Waals surface area contributed by atoms with Gasteiger partial charge in [-0.25, -0.2) is 0 Å². The zero-order valence-electron chi connectivity index (χ0n) is 9.44. The minimum absolute atomic E-state index is 0.233. The highest BCUT2D eigenvalue weighted by molar-refractivity contribution is 5.11. The second kappa shape index (κ2) is 3.60. The van der Waals surface area contributed by atoms with Crippen molar-refractivity contribution in [1.82, 2.24) is 10.2 Å². The van der Waals surface area contributed by atoms with Gasteiger partial charge in [0.05, 0.1) is 6.67 Å². The van der Waals surface area contributed by atoms with Crippen molar-refractivity contribution in [2.45, 2.75) is 46.6 Å². The summed E-state index contributed by atoms with van der Waals surface area (Å²) in [7, 11) is 0. The first-order valence-corrected chi connectivity index (χ1v) is 4.90. The molecule has 0 amide bonds. The van der Waals surface area contributed by atoms with E-state index in [1.807, 2.05) is 0 Å². The van der Waals surface area contributed by atoms with E-state index in [-0.39, 0.29) is 5.54 Å². The SMILES string of the molecule is C[C](C)CC1=CN(C(C)(C)C)CN1. The zero-order valence-corrected chi connectivity index (χ0v) is 9.44. The molecule has 2 heteroatoms. The van der Waals surface area contributed by atoms with Crippen molar-refractivity contribution in [3.63, 3.8) is 0 Å². The van der Waals surface area contributed by atoms with Crippen LogP contribution in [-0.2, 0) is 0 Å². The molecule has 0 unspecified atom stereocenters. The van der Waals surface area contributed by atoms with E-state index in [2.05, 4.69) is 51.0 Å². The summed E-state index contributed by atoms with van der Waals surface area (Å²) < 4.78 is 0. The van der Waals surface area contributed by atoms with Gasteiger partial charge in [-0.05, 0) is 33.1 Å². The van der Waals surface area contributed by atoms with Crippen LogP contribution in [0, 0.1) is 5.92 Å². The van der Waals surface area contributed by atoms with Crippen LogP contribution in [0.3, 0.4) is 0 Å². The first-order valence-electron chi connectivity index (χ1n) is 4.90. The summed E-state index contributed by atoms with van der Waals surface area (Å²) in [4.78, 5) is 2.34. The lowest BCUT2D eigenvalue weighted by molar-refractivity contribution is 0.215. The molecule has 0 aliphatic carbocycles. The van der Waals surface area contributed by atoms with Gasteiger partial charge in [0.1, 0.15) is 0 Å². The van der Waals surface area contributed by atoms with Gasteiger partial charge in [-0.1, -0.05) is 13.8 Å². The Morgan fingerprint density at radius 3 is 2.46 bits per heavy atom. The maximum absolute atomic E-state index is 3.41. The highest BCUT2D eigenvalue weighted by atomic mass is 15.3. The van der Waals surface area contributed by atoms with E-state index in [1.54, 1.807) is 0 Å². The van der Waals surface area contributed by atoms with E-state index in [1.165, 1.54) is 11.6 Å². The molecule has 0 fully saturated rings. The maximum atomic E-state index is 3.41. The number of allylic oxidation sites excluding steroid dienone is 1. The quantitative estimate of drug-likeness (QED) is 0.704. The predicted molar refractivity (Wildman–Crippen MR) is 56.9 cm³/mol. The lowest BCUT2D eigenvalue weighted by Crippen LogP contribution is -2.38. The van der Waals surface area contributed by atoms with Gasteiger partial charge < -0.3 is 10.2 Å². The van der Waals surface area contributed by atoms with E-state index in [9.17, 15) is 0 Å². The summed E-state index contributed by atoms with van der Waals surface area (Å²) in [5.41, 5.74) is 1.58. The van der Waals surface area contributed by atoms with Crippen LogP contribution >= 0.6 is 0 Å².